The molecule has 2 heterocycles. The summed E-state index contributed by atoms with van der Waals surface area (Å²) in [6.07, 6.45) is 7.25. The van der Waals surface area contributed by atoms with Gasteiger partial charge in [-0.3, -0.25) is 9.69 Å². The van der Waals surface area contributed by atoms with E-state index in [1.807, 2.05) is 0 Å². The van der Waals surface area contributed by atoms with Gasteiger partial charge in [0.2, 0.25) is 0 Å². The number of piperidine rings is 1. The maximum atomic E-state index is 12.9. The smallest absolute Gasteiger partial charge is 0.423 e. The van der Waals surface area contributed by atoms with Gasteiger partial charge in [-0.1, -0.05) is 13.0 Å². The number of sulfonamides is 1. The number of benzene rings is 1. The van der Waals surface area contributed by atoms with Gasteiger partial charge in [0.15, 0.2) is 16.1 Å². The minimum Gasteiger partial charge on any atom is -0.423 e. The molecule has 2 aliphatic heterocycles. The van der Waals surface area contributed by atoms with E-state index < -0.39 is 21.3 Å². The quantitative estimate of drug-likeness (QED) is 0.598. The number of aryl methyl sites for hydroxylation is 2. The number of carbonyl (C=O) groups excluding carboxylic acids is 1. The Morgan fingerprint density at radius 1 is 1.06 bits per heavy atom. The predicted molar refractivity (Wildman–Crippen MR) is 122 cm³/mol. The van der Waals surface area contributed by atoms with Crippen molar-refractivity contribution in [1.29, 1.82) is 0 Å². The monoisotopic (exact) mass is 484 g/mol. The Hall–Kier alpha value is -0.00364. The number of amides is 2. The number of nitrogens with zero attached hydrogens (tertiary/aromatic N) is 3. The summed E-state index contributed by atoms with van der Waals surface area (Å²) in [6.45, 7) is 6.92. The molecule has 0 atom stereocenters. The van der Waals surface area contributed by atoms with Crippen LogP contribution in [0, 0.1) is 0 Å². The van der Waals surface area contributed by atoms with Gasteiger partial charge in [0.25, 0.3) is 0 Å². The Morgan fingerprint density at radius 3 is 2.22 bits per heavy atom. The second-order valence-electron chi connectivity index (χ2n) is 9.51. The van der Waals surface area contributed by atoms with Crippen molar-refractivity contribution in [3.05, 3.63) is 33.0 Å². The van der Waals surface area contributed by atoms with E-state index in [0.29, 0.717) is 18.9 Å². The maximum absolute atomic E-state index is 12.9. The fraction of sp³-hybridized carbons (Fsp3) is 0.696. The molecule has 1 aromatic carbocycles. The van der Waals surface area contributed by atoms with Gasteiger partial charge in [0, 0.05) is 19.1 Å². The molecule has 2 fully saturated rings. The van der Waals surface area contributed by atoms with Gasteiger partial charge < -0.3 is 14.9 Å². The normalized spacial score (nSPS) is 22.0. The van der Waals surface area contributed by atoms with Crippen LogP contribution < -0.4 is 56.7 Å². The number of likely N-dealkylation sites (N-methyl/N-ethyl adjacent to an activating group) is 1. The molecule has 4 aliphatic rings. The van der Waals surface area contributed by atoms with Crippen LogP contribution in [-0.4, -0.2) is 68.3 Å². The Morgan fingerprint density at radius 2 is 1.66 bits per heavy atom. The molecule has 0 unspecified atom stereocenters. The first-order valence-corrected chi connectivity index (χ1v) is 13.4. The Bertz CT molecular complexity index is 938. The molecule has 0 radical (unpaired) electrons. The van der Waals surface area contributed by atoms with E-state index in [4.69, 9.17) is 0 Å². The molecule has 5 rings (SSSR count). The largest absolute Gasteiger partial charge is 1.00 e. The number of hydrogen-bond acceptors (Lipinski definition) is 5. The van der Waals surface area contributed by atoms with Crippen molar-refractivity contribution in [2.45, 2.75) is 69.6 Å². The topological polar surface area (TPSA) is 83.8 Å². The number of anilines is 1. The van der Waals surface area contributed by atoms with Crippen LogP contribution >= 0.6 is 0 Å². The van der Waals surface area contributed by atoms with Crippen molar-refractivity contribution < 1.29 is 64.6 Å². The molecule has 170 valence electrons. The molecule has 1 aromatic rings. The van der Waals surface area contributed by atoms with Gasteiger partial charge in [-0.05, 0) is 98.9 Å². The van der Waals surface area contributed by atoms with Gasteiger partial charge in [-0.25, -0.2) is 8.42 Å². The van der Waals surface area contributed by atoms with Crippen LogP contribution in [0.3, 0.4) is 0 Å². The summed E-state index contributed by atoms with van der Waals surface area (Å²) in [5.41, 5.74) is 5.85. The first kappa shape index (κ1) is 25.1. The summed E-state index contributed by atoms with van der Waals surface area (Å²) in [7, 11) is -3.81. The van der Waals surface area contributed by atoms with E-state index in [2.05, 4.69) is 32.8 Å². The minimum absolute atomic E-state index is 0. The van der Waals surface area contributed by atoms with E-state index in [0.717, 1.165) is 76.9 Å². The van der Waals surface area contributed by atoms with E-state index in [1.54, 1.807) is 0 Å². The molecule has 0 saturated carbocycles. The summed E-state index contributed by atoms with van der Waals surface area (Å²) < 4.78 is 29.4. The third-order valence-corrected chi connectivity index (χ3v) is 9.45. The Labute approximate surface area is 234 Å². The number of nitrogens with one attached hydrogen (secondary N) is 1. The fourth-order valence-corrected chi connectivity index (χ4v) is 7.09. The van der Waals surface area contributed by atoms with Gasteiger partial charge in [0.1, 0.15) is 0 Å². The predicted octanol–water partition coefficient (Wildman–Crippen LogP) is 0.0719. The number of hydrogen-bond donors (Lipinski definition) is 1. The minimum atomic E-state index is -3.81. The first-order chi connectivity index (χ1) is 14.9. The van der Waals surface area contributed by atoms with Crippen LogP contribution in [0.25, 0.3) is 4.72 Å². The SMILES string of the molecule is CCN1CC(N2CCC(S(=O)(=O)[N-]C(=O)Nc3c4c(cc5c3CCC5)CCC4)CC2)C1.[K+]. The molecule has 32 heavy (non-hydrogen) atoms. The fourth-order valence-electron chi connectivity index (χ4n) is 5.86. The van der Waals surface area contributed by atoms with Crippen LogP contribution in [0.15, 0.2) is 6.07 Å². The van der Waals surface area contributed by atoms with Gasteiger partial charge >= 0.3 is 51.4 Å². The van der Waals surface area contributed by atoms with Crippen molar-refractivity contribution >= 4 is 21.7 Å². The standard InChI is InChI=1S/C23H34N4O3S.K/c1-2-26-14-18(15-26)27-11-9-19(10-12-27)31(29,30)25-23(28)24-22-20-7-3-5-16(20)13-17-6-4-8-21(17)22;/h13,18-19H,2-12,14-15H2,1H3,(H2,24,25,28);/q;+1/p-1. The number of urea groups is 1. The summed E-state index contributed by atoms with van der Waals surface area (Å²) in [4.78, 5) is 17.5. The molecular weight excluding hydrogens is 451 g/mol. The molecule has 2 amide bonds. The molecule has 1 N–H and O–H groups in total. The Kier molecular flexibility index (Phi) is 8.09. The van der Waals surface area contributed by atoms with Gasteiger partial charge in [-0.2, -0.15) is 0 Å². The molecule has 0 spiro atoms. The second kappa shape index (κ2) is 10.3. The molecular formula is C23H33KN4O3S. The van der Waals surface area contributed by atoms with E-state index in [9.17, 15) is 13.2 Å². The first-order valence-electron chi connectivity index (χ1n) is 11.9. The molecule has 2 saturated heterocycles. The average Bonchev–Trinajstić information content (AvgIpc) is 3.36. The van der Waals surface area contributed by atoms with Gasteiger partial charge in [0.05, 0.1) is 5.25 Å². The van der Waals surface area contributed by atoms with E-state index in [1.165, 1.54) is 22.3 Å². The number of carbonyl (C=O) groups is 1. The number of likely N-dealkylation sites (tertiary alicyclic amines) is 2. The van der Waals surface area contributed by atoms with Crippen LogP contribution in [-0.2, 0) is 35.7 Å². The zero-order valence-corrected chi connectivity index (χ0v) is 23.3. The summed E-state index contributed by atoms with van der Waals surface area (Å²) >= 11 is 0. The zero-order valence-electron chi connectivity index (χ0n) is 19.4. The summed E-state index contributed by atoms with van der Waals surface area (Å²) in [6, 6.07) is 2.12. The van der Waals surface area contributed by atoms with E-state index >= 15 is 0 Å². The molecule has 0 bridgehead atoms. The Balaban J connectivity index is 0.00000245. The van der Waals surface area contributed by atoms with Crippen molar-refractivity contribution in [2.24, 2.45) is 0 Å². The number of fused-ring (bicyclic) bond motifs is 2. The average molecular weight is 485 g/mol. The van der Waals surface area contributed by atoms with Crippen molar-refractivity contribution in [1.82, 2.24) is 9.80 Å². The van der Waals surface area contributed by atoms with Gasteiger partial charge in [-0.15, -0.1) is 0 Å². The number of rotatable bonds is 5. The van der Waals surface area contributed by atoms with Crippen LogP contribution in [0.4, 0.5) is 10.5 Å². The third-order valence-electron chi connectivity index (χ3n) is 7.71. The summed E-state index contributed by atoms with van der Waals surface area (Å²) in [5.74, 6) is 0. The molecule has 7 nitrogen and oxygen atoms in total. The van der Waals surface area contributed by atoms with Crippen molar-refractivity contribution in [2.75, 3.05) is 38.0 Å². The van der Waals surface area contributed by atoms with Crippen molar-refractivity contribution in [3.8, 4) is 0 Å². The second-order valence-corrected chi connectivity index (χ2v) is 11.4. The molecule has 0 aromatic heterocycles. The van der Waals surface area contributed by atoms with Crippen LogP contribution in [0.5, 0.6) is 0 Å². The third kappa shape index (κ3) is 5.00. The molecule has 2 aliphatic carbocycles. The molecule has 9 heteroatoms. The van der Waals surface area contributed by atoms with Crippen molar-refractivity contribution in [3.63, 3.8) is 0 Å². The van der Waals surface area contributed by atoms with Crippen LogP contribution in [0.1, 0.15) is 54.9 Å². The van der Waals surface area contributed by atoms with Crippen LogP contribution in [0.2, 0.25) is 0 Å². The summed E-state index contributed by atoms with van der Waals surface area (Å²) in [5, 5.41) is 2.34. The van der Waals surface area contributed by atoms with E-state index in [-0.39, 0.29) is 51.4 Å². The zero-order chi connectivity index (χ0) is 21.6. The maximum Gasteiger partial charge on any atom is 1.00 e.